The van der Waals surface area contributed by atoms with Crippen molar-refractivity contribution in [1.29, 1.82) is 0 Å². The minimum absolute atomic E-state index is 0.0495. The summed E-state index contributed by atoms with van der Waals surface area (Å²) in [5, 5.41) is 0. The van der Waals surface area contributed by atoms with Gasteiger partial charge in [-0.3, -0.25) is 14.4 Å². The van der Waals surface area contributed by atoms with Gasteiger partial charge < -0.3 is 0 Å². The molecular formula is C20H23FN2O3S. The third-order valence-corrected chi connectivity index (χ3v) is 5.91. The number of nitrogens with one attached hydrogen (secondary N) is 1. The summed E-state index contributed by atoms with van der Waals surface area (Å²) in [6.45, 7) is 3.05. The number of carbonyl (C=O) groups is 1. The number of halogens is 1. The SMILES string of the molecule is Cc1ccc(CS(=O)(=O)NC(=O)C2CCCN2Cc2ccccc2)c(F)c1. The first-order valence-corrected chi connectivity index (χ1v) is 10.6. The zero-order valence-electron chi connectivity index (χ0n) is 15.2. The second-order valence-corrected chi connectivity index (χ2v) is 8.66. The molecule has 1 N–H and O–H groups in total. The number of amides is 1. The monoisotopic (exact) mass is 390 g/mol. The summed E-state index contributed by atoms with van der Waals surface area (Å²) in [7, 11) is -3.97. The van der Waals surface area contributed by atoms with Crippen LogP contribution in [0.2, 0.25) is 0 Å². The minimum atomic E-state index is -3.97. The highest BCUT2D eigenvalue weighted by Gasteiger charge is 2.32. The summed E-state index contributed by atoms with van der Waals surface area (Å²) in [4.78, 5) is 14.5. The van der Waals surface area contributed by atoms with Crippen molar-refractivity contribution in [3.63, 3.8) is 0 Å². The number of aryl methyl sites for hydroxylation is 1. The molecule has 0 bridgehead atoms. The highest BCUT2D eigenvalue weighted by atomic mass is 32.2. The molecule has 2 aromatic carbocycles. The largest absolute Gasteiger partial charge is 0.288 e. The summed E-state index contributed by atoms with van der Waals surface area (Å²) in [5.41, 5.74) is 1.83. The van der Waals surface area contributed by atoms with Crippen LogP contribution in [0, 0.1) is 12.7 Å². The van der Waals surface area contributed by atoms with Crippen LogP contribution >= 0.6 is 0 Å². The van der Waals surface area contributed by atoms with E-state index in [4.69, 9.17) is 0 Å². The second-order valence-electron chi connectivity index (χ2n) is 6.93. The van der Waals surface area contributed by atoms with E-state index in [9.17, 15) is 17.6 Å². The molecule has 27 heavy (non-hydrogen) atoms. The number of sulfonamides is 1. The topological polar surface area (TPSA) is 66.5 Å². The lowest BCUT2D eigenvalue weighted by Crippen LogP contribution is -2.45. The first-order valence-electron chi connectivity index (χ1n) is 8.91. The molecule has 3 rings (SSSR count). The average Bonchev–Trinajstić information content (AvgIpc) is 3.06. The average molecular weight is 390 g/mol. The van der Waals surface area contributed by atoms with Crippen molar-refractivity contribution in [3.8, 4) is 0 Å². The van der Waals surface area contributed by atoms with Gasteiger partial charge in [0.25, 0.3) is 5.91 Å². The van der Waals surface area contributed by atoms with E-state index in [0.29, 0.717) is 18.5 Å². The van der Waals surface area contributed by atoms with Gasteiger partial charge in [0.1, 0.15) is 5.82 Å². The van der Waals surface area contributed by atoms with E-state index in [1.54, 1.807) is 13.0 Å². The Labute approximate surface area is 159 Å². The quantitative estimate of drug-likeness (QED) is 0.824. The number of likely N-dealkylation sites (tertiary alicyclic amines) is 1. The fourth-order valence-corrected chi connectivity index (χ4v) is 4.52. The lowest BCUT2D eigenvalue weighted by Gasteiger charge is -2.23. The molecule has 7 heteroatoms. The molecule has 144 valence electrons. The third kappa shape index (κ3) is 5.14. The molecule has 0 spiro atoms. The Hall–Kier alpha value is -2.25. The van der Waals surface area contributed by atoms with Gasteiger partial charge in [-0.05, 0) is 43.5 Å². The smallest absolute Gasteiger partial charge is 0.250 e. The number of carbonyl (C=O) groups excluding carboxylic acids is 1. The highest BCUT2D eigenvalue weighted by molar-refractivity contribution is 7.89. The van der Waals surface area contributed by atoms with Gasteiger partial charge in [-0.1, -0.05) is 42.5 Å². The summed E-state index contributed by atoms with van der Waals surface area (Å²) < 4.78 is 40.8. The van der Waals surface area contributed by atoms with Crippen LogP contribution in [-0.2, 0) is 27.1 Å². The molecule has 1 atom stereocenters. The van der Waals surface area contributed by atoms with Gasteiger partial charge in [-0.15, -0.1) is 0 Å². The molecule has 1 saturated heterocycles. The normalized spacial score (nSPS) is 17.8. The van der Waals surface area contributed by atoms with Crippen molar-refractivity contribution < 1.29 is 17.6 Å². The van der Waals surface area contributed by atoms with Crippen LogP contribution in [0.5, 0.6) is 0 Å². The maximum Gasteiger partial charge on any atom is 0.250 e. The fraction of sp³-hybridized carbons (Fsp3) is 0.350. The molecular weight excluding hydrogens is 367 g/mol. The fourth-order valence-electron chi connectivity index (χ4n) is 3.36. The highest BCUT2D eigenvalue weighted by Crippen LogP contribution is 2.21. The molecule has 1 amide bonds. The number of nitrogens with zero attached hydrogens (tertiary/aromatic N) is 1. The summed E-state index contributed by atoms with van der Waals surface area (Å²) >= 11 is 0. The molecule has 0 aliphatic carbocycles. The molecule has 2 aromatic rings. The zero-order chi connectivity index (χ0) is 19.4. The third-order valence-electron chi connectivity index (χ3n) is 4.70. The van der Waals surface area contributed by atoms with E-state index in [-0.39, 0.29) is 5.56 Å². The molecule has 0 aromatic heterocycles. The van der Waals surface area contributed by atoms with Crippen LogP contribution < -0.4 is 4.72 Å². The molecule has 5 nitrogen and oxygen atoms in total. The van der Waals surface area contributed by atoms with Gasteiger partial charge in [0.2, 0.25) is 10.0 Å². The summed E-state index contributed by atoms with van der Waals surface area (Å²) in [6.07, 6.45) is 1.44. The maximum absolute atomic E-state index is 13.9. The van der Waals surface area contributed by atoms with Crippen LogP contribution in [0.3, 0.4) is 0 Å². The van der Waals surface area contributed by atoms with Crippen molar-refractivity contribution >= 4 is 15.9 Å². The predicted octanol–water partition coefficient (Wildman–Crippen LogP) is 2.74. The minimum Gasteiger partial charge on any atom is -0.288 e. The number of hydrogen-bond acceptors (Lipinski definition) is 4. The van der Waals surface area contributed by atoms with Gasteiger partial charge in [-0.25, -0.2) is 12.8 Å². The van der Waals surface area contributed by atoms with Crippen molar-refractivity contribution in [3.05, 3.63) is 71.0 Å². The van der Waals surface area contributed by atoms with Gasteiger partial charge in [0, 0.05) is 12.1 Å². The van der Waals surface area contributed by atoms with E-state index >= 15 is 0 Å². The van der Waals surface area contributed by atoms with Crippen molar-refractivity contribution in [2.24, 2.45) is 0 Å². The molecule has 1 aliphatic heterocycles. The zero-order valence-corrected chi connectivity index (χ0v) is 16.0. The lowest BCUT2D eigenvalue weighted by atomic mass is 10.2. The lowest BCUT2D eigenvalue weighted by molar-refractivity contribution is -0.123. The molecule has 1 unspecified atom stereocenters. The Kier molecular flexibility index (Phi) is 5.92. The predicted molar refractivity (Wildman–Crippen MR) is 102 cm³/mol. The van der Waals surface area contributed by atoms with E-state index in [0.717, 1.165) is 18.5 Å². The Morgan fingerprint density at radius 2 is 1.96 bits per heavy atom. The Morgan fingerprint density at radius 3 is 2.67 bits per heavy atom. The molecule has 1 heterocycles. The standard InChI is InChI=1S/C20H23FN2O3S/c1-15-9-10-17(18(21)12-15)14-27(25,26)22-20(24)19-8-5-11-23(19)13-16-6-3-2-4-7-16/h2-4,6-7,9-10,12,19H,5,8,11,13-14H2,1H3,(H,22,24). The van der Waals surface area contributed by atoms with Gasteiger partial charge >= 0.3 is 0 Å². The molecule has 1 fully saturated rings. The van der Waals surface area contributed by atoms with E-state index in [2.05, 4.69) is 4.72 Å². The number of rotatable bonds is 6. The number of benzene rings is 2. The molecule has 0 radical (unpaired) electrons. The first-order chi connectivity index (χ1) is 12.8. The summed E-state index contributed by atoms with van der Waals surface area (Å²) in [6, 6.07) is 13.6. The van der Waals surface area contributed by atoms with Crippen LogP contribution in [-0.4, -0.2) is 31.8 Å². The number of hydrogen-bond donors (Lipinski definition) is 1. The van der Waals surface area contributed by atoms with Crippen molar-refractivity contribution in [2.75, 3.05) is 6.54 Å². The van der Waals surface area contributed by atoms with Crippen LogP contribution in [0.15, 0.2) is 48.5 Å². The molecule has 1 aliphatic rings. The summed E-state index contributed by atoms with van der Waals surface area (Å²) in [5.74, 6) is -1.69. The van der Waals surface area contributed by atoms with Crippen LogP contribution in [0.4, 0.5) is 4.39 Å². The first kappa shape index (κ1) is 19.5. The van der Waals surface area contributed by atoms with Gasteiger partial charge in [0.05, 0.1) is 11.8 Å². The maximum atomic E-state index is 13.9. The van der Waals surface area contributed by atoms with E-state index in [1.807, 2.05) is 35.2 Å². The Balaban J connectivity index is 1.66. The molecule has 0 saturated carbocycles. The van der Waals surface area contributed by atoms with Crippen LogP contribution in [0.25, 0.3) is 0 Å². The van der Waals surface area contributed by atoms with Gasteiger partial charge in [-0.2, -0.15) is 0 Å². The van der Waals surface area contributed by atoms with E-state index in [1.165, 1.54) is 12.1 Å². The van der Waals surface area contributed by atoms with Crippen molar-refractivity contribution in [2.45, 2.75) is 38.1 Å². The Morgan fingerprint density at radius 1 is 1.22 bits per heavy atom. The Bertz CT molecular complexity index is 916. The van der Waals surface area contributed by atoms with Crippen LogP contribution in [0.1, 0.15) is 29.5 Å². The second kappa shape index (κ2) is 8.19. The van der Waals surface area contributed by atoms with Gasteiger partial charge in [0.15, 0.2) is 0 Å². The van der Waals surface area contributed by atoms with Crippen molar-refractivity contribution in [1.82, 2.24) is 9.62 Å². The van der Waals surface area contributed by atoms with E-state index < -0.39 is 33.5 Å².